The van der Waals surface area contributed by atoms with Crippen LogP contribution in [0.1, 0.15) is 12.7 Å². The molecule has 98 valence electrons. The molecule has 0 aliphatic rings. The van der Waals surface area contributed by atoms with Crippen LogP contribution in [-0.4, -0.2) is 46.2 Å². The minimum absolute atomic E-state index is 0.300. The minimum atomic E-state index is -0.300. The second-order valence-electron chi connectivity index (χ2n) is 4.82. The van der Waals surface area contributed by atoms with Gasteiger partial charge in [0.15, 0.2) is 0 Å². The number of aliphatic hydroxyl groups excluding tert-OH is 1. The van der Waals surface area contributed by atoms with E-state index in [0.29, 0.717) is 6.54 Å². The van der Waals surface area contributed by atoms with Crippen LogP contribution in [-0.2, 0) is 6.42 Å². The van der Waals surface area contributed by atoms with Gasteiger partial charge in [-0.15, -0.1) is 0 Å². The van der Waals surface area contributed by atoms with Crippen molar-refractivity contribution in [2.24, 2.45) is 0 Å². The molecular formula is C13H20N4O. The Bertz CT molecular complexity index is 521. The van der Waals surface area contributed by atoms with E-state index in [4.69, 9.17) is 5.73 Å². The molecule has 18 heavy (non-hydrogen) atoms. The van der Waals surface area contributed by atoms with Gasteiger partial charge in [0.1, 0.15) is 5.82 Å². The van der Waals surface area contributed by atoms with Crippen molar-refractivity contribution < 1.29 is 5.11 Å². The van der Waals surface area contributed by atoms with E-state index in [1.54, 1.807) is 6.92 Å². The molecule has 0 amide bonds. The van der Waals surface area contributed by atoms with Gasteiger partial charge in [0.25, 0.3) is 0 Å². The van der Waals surface area contributed by atoms with Crippen molar-refractivity contribution in [2.75, 3.05) is 25.9 Å². The summed E-state index contributed by atoms with van der Waals surface area (Å²) in [7, 11) is 1.99. The van der Waals surface area contributed by atoms with E-state index in [0.717, 1.165) is 35.5 Å². The molecule has 1 heterocycles. The van der Waals surface area contributed by atoms with Crippen molar-refractivity contribution in [1.29, 1.82) is 0 Å². The molecular weight excluding hydrogens is 228 g/mol. The first-order valence-corrected chi connectivity index (χ1v) is 6.15. The third kappa shape index (κ3) is 3.21. The fourth-order valence-electron chi connectivity index (χ4n) is 2.04. The number of likely N-dealkylation sites (N-methyl/N-ethyl adjacent to an activating group) is 1. The van der Waals surface area contributed by atoms with Crippen LogP contribution in [0.2, 0.25) is 0 Å². The Morgan fingerprint density at radius 3 is 3.00 bits per heavy atom. The number of fused-ring (bicyclic) bond motifs is 1. The molecule has 5 nitrogen and oxygen atoms in total. The van der Waals surface area contributed by atoms with Crippen molar-refractivity contribution in [3.8, 4) is 0 Å². The predicted octanol–water partition coefficient (Wildman–Crippen LogP) is 1.00. The highest BCUT2D eigenvalue weighted by Gasteiger charge is 2.06. The van der Waals surface area contributed by atoms with Gasteiger partial charge >= 0.3 is 0 Å². The molecule has 4 N–H and O–H groups in total. The van der Waals surface area contributed by atoms with Crippen molar-refractivity contribution >= 4 is 16.7 Å². The summed E-state index contributed by atoms with van der Waals surface area (Å²) >= 11 is 0. The molecule has 0 radical (unpaired) electrons. The van der Waals surface area contributed by atoms with E-state index in [1.807, 2.05) is 25.2 Å². The Morgan fingerprint density at radius 1 is 1.50 bits per heavy atom. The summed E-state index contributed by atoms with van der Waals surface area (Å²) in [6, 6.07) is 5.67. The number of rotatable bonds is 5. The van der Waals surface area contributed by atoms with Gasteiger partial charge in [-0.05, 0) is 32.2 Å². The van der Waals surface area contributed by atoms with E-state index in [-0.39, 0.29) is 6.10 Å². The lowest BCUT2D eigenvalue weighted by Crippen LogP contribution is -2.29. The first kappa shape index (κ1) is 12.9. The van der Waals surface area contributed by atoms with Crippen molar-refractivity contribution in [3.63, 3.8) is 0 Å². The average Bonchev–Trinajstić information content (AvgIpc) is 2.67. The number of nitrogen functional groups attached to an aromatic ring is 1. The van der Waals surface area contributed by atoms with E-state index in [1.165, 1.54) is 0 Å². The number of nitrogens with one attached hydrogen (secondary N) is 1. The number of nitrogens with two attached hydrogens (primary N) is 1. The number of nitrogens with zero attached hydrogens (tertiary/aromatic N) is 2. The second kappa shape index (κ2) is 5.37. The molecule has 0 saturated heterocycles. The zero-order valence-electron chi connectivity index (χ0n) is 10.8. The van der Waals surface area contributed by atoms with Crippen molar-refractivity contribution in [3.05, 3.63) is 24.0 Å². The highest BCUT2D eigenvalue weighted by atomic mass is 16.3. The summed E-state index contributed by atoms with van der Waals surface area (Å²) in [5.74, 6) is 0.952. The van der Waals surface area contributed by atoms with Gasteiger partial charge in [0.2, 0.25) is 0 Å². The first-order chi connectivity index (χ1) is 8.54. The molecule has 1 aromatic heterocycles. The fourth-order valence-corrected chi connectivity index (χ4v) is 2.04. The van der Waals surface area contributed by atoms with Gasteiger partial charge in [-0.2, -0.15) is 0 Å². The largest absolute Gasteiger partial charge is 0.399 e. The Hall–Kier alpha value is -1.59. The number of benzene rings is 1. The zero-order valence-corrected chi connectivity index (χ0v) is 10.8. The monoisotopic (exact) mass is 248 g/mol. The van der Waals surface area contributed by atoms with Crippen LogP contribution in [0.25, 0.3) is 11.0 Å². The highest BCUT2D eigenvalue weighted by Crippen LogP contribution is 2.15. The molecule has 0 bridgehead atoms. The van der Waals surface area contributed by atoms with Crippen LogP contribution in [0.4, 0.5) is 5.69 Å². The van der Waals surface area contributed by atoms with E-state index >= 15 is 0 Å². The van der Waals surface area contributed by atoms with Gasteiger partial charge in [-0.3, -0.25) is 0 Å². The summed E-state index contributed by atoms with van der Waals surface area (Å²) in [5, 5.41) is 9.29. The molecule has 1 atom stereocenters. The Balaban J connectivity index is 1.99. The van der Waals surface area contributed by atoms with Crippen LogP contribution in [0.15, 0.2) is 18.2 Å². The van der Waals surface area contributed by atoms with Crippen LogP contribution in [0.3, 0.4) is 0 Å². The number of H-pyrrole nitrogens is 1. The number of imidazole rings is 1. The van der Waals surface area contributed by atoms with Crippen LogP contribution in [0, 0.1) is 0 Å². The van der Waals surface area contributed by atoms with E-state index in [9.17, 15) is 5.11 Å². The quantitative estimate of drug-likeness (QED) is 0.690. The highest BCUT2D eigenvalue weighted by molar-refractivity contribution is 5.78. The van der Waals surface area contributed by atoms with Gasteiger partial charge in [-0.25, -0.2) is 4.98 Å². The smallest absolute Gasteiger partial charge is 0.108 e. The summed E-state index contributed by atoms with van der Waals surface area (Å²) < 4.78 is 0. The van der Waals surface area contributed by atoms with E-state index < -0.39 is 0 Å². The predicted molar refractivity (Wildman–Crippen MR) is 73.4 cm³/mol. The minimum Gasteiger partial charge on any atom is -0.399 e. The summed E-state index contributed by atoms with van der Waals surface area (Å²) in [6.45, 7) is 3.33. The SMILES string of the molecule is CC(O)CN(C)CCc1nc2ccc(N)cc2[nH]1. The van der Waals surface area contributed by atoms with Crippen molar-refractivity contribution in [1.82, 2.24) is 14.9 Å². The summed E-state index contributed by atoms with van der Waals surface area (Å²) in [5.41, 5.74) is 8.38. The summed E-state index contributed by atoms with van der Waals surface area (Å²) in [6.07, 6.45) is 0.531. The van der Waals surface area contributed by atoms with Crippen molar-refractivity contribution in [2.45, 2.75) is 19.4 Å². The Morgan fingerprint density at radius 2 is 2.28 bits per heavy atom. The number of aliphatic hydroxyl groups is 1. The van der Waals surface area contributed by atoms with E-state index in [2.05, 4.69) is 14.9 Å². The summed E-state index contributed by atoms with van der Waals surface area (Å²) in [4.78, 5) is 9.86. The van der Waals surface area contributed by atoms with Gasteiger partial charge in [0, 0.05) is 25.2 Å². The van der Waals surface area contributed by atoms with Gasteiger partial charge < -0.3 is 20.7 Å². The molecule has 5 heteroatoms. The number of aromatic amines is 1. The zero-order chi connectivity index (χ0) is 13.1. The number of hydrogen-bond acceptors (Lipinski definition) is 4. The number of aromatic nitrogens is 2. The molecule has 1 unspecified atom stereocenters. The standard InChI is InChI=1S/C13H20N4O/c1-9(18)8-17(2)6-5-13-15-11-4-3-10(14)7-12(11)16-13/h3-4,7,9,18H,5-6,8,14H2,1-2H3,(H,15,16). The Kier molecular flexibility index (Phi) is 3.84. The molecule has 0 aliphatic heterocycles. The molecule has 0 spiro atoms. The normalized spacial score (nSPS) is 13.3. The van der Waals surface area contributed by atoms with Crippen LogP contribution >= 0.6 is 0 Å². The van der Waals surface area contributed by atoms with Gasteiger partial charge in [0.05, 0.1) is 17.1 Å². The molecule has 2 aromatic rings. The fraction of sp³-hybridized carbons (Fsp3) is 0.462. The maximum atomic E-state index is 9.29. The first-order valence-electron chi connectivity index (χ1n) is 6.15. The lowest BCUT2D eigenvalue weighted by Gasteiger charge is -2.17. The third-order valence-corrected chi connectivity index (χ3v) is 2.86. The van der Waals surface area contributed by atoms with Gasteiger partial charge in [-0.1, -0.05) is 0 Å². The third-order valence-electron chi connectivity index (χ3n) is 2.86. The van der Waals surface area contributed by atoms with Crippen LogP contribution < -0.4 is 5.73 Å². The molecule has 0 fully saturated rings. The topological polar surface area (TPSA) is 78.2 Å². The second-order valence-corrected chi connectivity index (χ2v) is 4.82. The number of anilines is 1. The molecule has 0 aliphatic carbocycles. The lowest BCUT2D eigenvalue weighted by molar-refractivity contribution is 0.142. The Labute approximate surface area is 107 Å². The maximum Gasteiger partial charge on any atom is 0.108 e. The maximum absolute atomic E-state index is 9.29. The molecule has 2 rings (SSSR count). The lowest BCUT2D eigenvalue weighted by atomic mass is 10.3. The average molecular weight is 248 g/mol. The number of hydrogen-bond donors (Lipinski definition) is 3. The van der Waals surface area contributed by atoms with Crippen LogP contribution in [0.5, 0.6) is 0 Å². The molecule has 1 aromatic carbocycles. The molecule has 0 saturated carbocycles.